The molecule has 0 radical (unpaired) electrons. The van der Waals surface area contributed by atoms with E-state index in [-0.39, 0.29) is 0 Å². The predicted molar refractivity (Wildman–Crippen MR) is 70.6 cm³/mol. The molecule has 1 fully saturated rings. The van der Waals surface area contributed by atoms with Crippen molar-refractivity contribution in [2.75, 3.05) is 13.1 Å². The SMILES string of the molecule is Cc1cnn(C2CN(Cc3ccc(Cl)s3)C2)c1. The first kappa shape index (κ1) is 11.3. The highest BCUT2D eigenvalue weighted by Crippen LogP contribution is 2.27. The molecule has 1 aliphatic rings. The summed E-state index contributed by atoms with van der Waals surface area (Å²) >= 11 is 7.59. The lowest BCUT2D eigenvalue weighted by Crippen LogP contribution is -2.46. The molecule has 2 aromatic heterocycles. The Bertz CT molecular complexity index is 513. The van der Waals surface area contributed by atoms with Crippen molar-refractivity contribution in [1.29, 1.82) is 0 Å². The van der Waals surface area contributed by atoms with Crippen LogP contribution in [0.4, 0.5) is 0 Å². The Kier molecular flexibility index (Phi) is 2.94. The van der Waals surface area contributed by atoms with Gasteiger partial charge in [0, 0.05) is 30.7 Å². The largest absolute Gasteiger partial charge is 0.294 e. The van der Waals surface area contributed by atoms with Crippen LogP contribution in [0.2, 0.25) is 4.34 Å². The maximum Gasteiger partial charge on any atom is 0.0931 e. The molecular formula is C12H14ClN3S. The van der Waals surface area contributed by atoms with Gasteiger partial charge in [-0.15, -0.1) is 11.3 Å². The van der Waals surface area contributed by atoms with Crippen LogP contribution in [-0.4, -0.2) is 27.8 Å². The van der Waals surface area contributed by atoms with Gasteiger partial charge >= 0.3 is 0 Å². The monoisotopic (exact) mass is 267 g/mol. The molecule has 0 unspecified atom stereocenters. The average molecular weight is 268 g/mol. The molecule has 2 aromatic rings. The predicted octanol–water partition coefficient (Wildman–Crippen LogP) is 2.96. The maximum atomic E-state index is 5.92. The highest BCUT2D eigenvalue weighted by Gasteiger charge is 2.28. The number of nitrogens with zero attached hydrogens (tertiary/aromatic N) is 3. The highest BCUT2D eigenvalue weighted by atomic mass is 35.5. The van der Waals surface area contributed by atoms with Gasteiger partial charge < -0.3 is 0 Å². The molecule has 17 heavy (non-hydrogen) atoms. The molecule has 1 aliphatic heterocycles. The quantitative estimate of drug-likeness (QED) is 0.853. The van der Waals surface area contributed by atoms with E-state index in [2.05, 4.69) is 33.9 Å². The number of likely N-dealkylation sites (tertiary alicyclic amines) is 1. The molecule has 90 valence electrons. The van der Waals surface area contributed by atoms with Crippen molar-refractivity contribution in [2.45, 2.75) is 19.5 Å². The van der Waals surface area contributed by atoms with Crippen molar-refractivity contribution in [1.82, 2.24) is 14.7 Å². The summed E-state index contributed by atoms with van der Waals surface area (Å²) in [5, 5.41) is 4.35. The lowest BCUT2D eigenvalue weighted by Gasteiger charge is -2.38. The van der Waals surface area contributed by atoms with Gasteiger partial charge in [-0.2, -0.15) is 5.10 Å². The number of aryl methyl sites for hydroxylation is 1. The van der Waals surface area contributed by atoms with Gasteiger partial charge in [0.2, 0.25) is 0 Å². The Morgan fingerprint density at radius 1 is 1.47 bits per heavy atom. The Morgan fingerprint density at radius 2 is 2.29 bits per heavy atom. The zero-order valence-electron chi connectivity index (χ0n) is 9.64. The topological polar surface area (TPSA) is 21.1 Å². The fourth-order valence-corrected chi connectivity index (χ4v) is 3.26. The van der Waals surface area contributed by atoms with Crippen LogP contribution in [0.1, 0.15) is 16.5 Å². The Labute approximate surface area is 110 Å². The van der Waals surface area contributed by atoms with Crippen LogP contribution in [0.25, 0.3) is 0 Å². The van der Waals surface area contributed by atoms with E-state index in [1.165, 1.54) is 10.4 Å². The van der Waals surface area contributed by atoms with Crippen LogP contribution in [0.5, 0.6) is 0 Å². The summed E-state index contributed by atoms with van der Waals surface area (Å²) in [4.78, 5) is 3.76. The molecule has 1 saturated heterocycles. The van der Waals surface area contributed by atoms with Crippen LogP contribution < -0.4 is 0 Å². The summed E-state index contributed by atoms with van der Waals surface area (Å²) in [7, 11) is 0. The van der Waals surface area contributed by atoms with Crippen molar-refractivity contribution in [3.8, 4) is 0 Å². The number of halogens is 1. The number of hydrogen-bond donors (Lipinski definition) is 0. The number of thiophene rings is 1. The molecule has 0 aromatic carbocycles. The van der Waals surface area contributed by atoms with E-state index in [4.69, 9.17) is 11.6 Å². The van der Waals surface area contributed by atoms with Gasteiger partial charge in [0.15, 0.2) is 0 Å². The molecule has 3 heterocycles. The van der Waals surface area contributed by atoms with Gasteiger partial charge in [0.25, 0.3) is 0 Å². The van der Waals surface area contributed by atoms with E-state index < -0.39 is 0 Å². The zero-order chi connectivity index (χ0) is 11.8. The zero-order valence-corrected chi connectivity index (χ0v) is 11.2. The van der Waals surface area contributed by atoms with Gasteiger partial charge in [-0.1, -0.05) is 11.6 Å². The minimum absolute atomic E-state index is 0.541. The summed E-state index contributed by atoms with van der Waals surface area (Å²) in [5.74, 6) is 0. The second kappa shape index (κ2) is 4.44. The van der Waals surface area contributed by atoms with E-state index in [9.17, 15) is 0 Å². The minimum atomic E-state index is 0.541. The smallest absolute Gasteiger partial charge is 0.0931 e. The van der Waals surface area contributed by atoms with Crippen molar-refractivity contribution < 1.29 is 0 Å². The molecule has 5 heteroatoms. The Hall–Kier alpha value is -0.840. The first-order valence-corrected chi connectivity index (χ1v) is 6.87. The third kappa shape index (κ3) is 2.39. The first-order valence-electron chi connectivity index (χ1n) is 5.68. The summed E-state index contributed by atoms with van der Waals surface area (Å²) in [6.45, 7) is 5.25. The van der Waals surface area contributed by atoms with E-state index in [0.717, 1.165) is 24.0 Å². The summed E-state index contributed by atoms with van der Waals surface area (Å²) < 4.78 is 2.95. The van der Waals surface area contributed by atoms with Gasteiger partial charge in [-0.3, -0.25) is 9.58 Å². The lowest BCUT2D eigenvalue weighted by molar-refractivity contribution is 0.0920. The molecule has 0 atom stereocenters. The van der Waals surface area contributed by atoms with Gasteiger partial charge in [-0.05, 0) is 24.6 Å². The standard InChI is InChI=1S/C12H14ClN3S/c1-9-4-14-16(5-9)10-6-15(7-10)8-11-2-3-12(13)17-11/h2-5,10H,6-8H2,1H3. The molecule has 0 saturated carbocycles. The molecule has 0 N–H and O–H groups in total. The fourth-order valence-electron chi connectivity index (χ4n) is 2.13. The number of rotatable bonds is 3. The highest BCUT2D eigenvalue weighted by molar-refractivity contribution is 7.16. The van der Waals surface area contributed by atoms with Crippen LogP contribution in [0.15, 0.2) is 24.5 Å². The maximum absolute atomic E-state index is 5.92. The van der Waals surface area contributed by atoms with Crippen LogP contribution in [0, 0.1) is 6.92 Å². The fraction of sp³-hybridized carbons (Fsp3) is 0.417. The first-order chi connectivity index (χ1) is 8.20. The second-order valence-corrected chi connectivity index (χ2v) is 6.35. The van der Waals surface area contributed by atoms with Crippen molar-refractivity contribution in [3.05, 3.63) is 39.3 Å². The molecular weight excluding hydrogens is 254 g/mol. The van der Waals surface area contributed by atoms with Crippen molar-refractivity contribution in [2.24, 2.45) is 0 Å². The van der Waals surface area contributed by atoms with Gasteiger partial charge in [-0.25, -0.2) is 0 Å². The van der Waals surface area contributed by atoms with E-state index in [0.29, 0.717) is 6.04 Å². The lowest BCUT2D eigenvalue weighted by atomic mass is 10.1. The third-order valence-electron chi connectivity index (χ3n) is 3.05. The minimum Gasteiger partial charge on any atom is -0.294 e. The van der Waals surface area contributed by atoms with E-state index in [1.807, 2.05) is 12.3 Å². The summed E-state index contributed by atoms with van der Waals surface area (Å²) in [6, 6.07) is 4.62. The normalized spacial score (nSPS) is 17.3. The van der Waals surface area contributed by atoms with Gasteiger partial charge in [0.1, 0.15) is 0 Å². The molecule has 0 amide bonds. The Morgan fingerprint density at radius 3 is 2.88 bits per heavy atom. The van der Waals surface area contributed by atoms with E-state index in [1.54, 1.807) is 11.3 Å². The second-order valence-electron chi connectivity index (χ2n) is 4.55. The number of aromatic nitrogens is 2. The Balaban J connectivity index is 1.55. The van der Waals surface area contributed by atoms with Crippen LogP contribution in [-0.2, 0) is 6.54 Å². The van der Waals surface area contributed by atoms with E-state index >= 15 is 0 Å². The third-order valence-corrected chi connectivity index (χ3v) is 4.27. The average Bonchev–Trinajstić information content (AvgIpc) is 2.81. The van der Waals surface area contributed by atoms with Crippen molar-refractivity contribution in [3.63, 3.8) is 0 Å². The molecule has 3 rings (SSSR count). The van der Waals surface area contributed by atoms with Crippen LogP contribution >= 0.6 is 22.9 Å². The van der Waals surface area contributed by atoms with Crippen molar-refractivity contribution >= 4 is 22.9 Å². The van der Waals surface area contributed by atoms with Crippen LogP contribution in [0.3, 0.4) is 0 Å². The number of hydrogen-bond acceptors (Lipinski definition) is 3. The molecule has 3 nitrogen and oxygen atoms in total. The summed E-state index contributed by atoms with van der Waals surface area (Å²) in [6.07, 6.45) is 4.03. The summed E-state index contributed by atoms with van der Waals surface area (Å²) in [5.41, 5.74) is 1.23. The van der Waals surface area contributed by atoms with Gasteiger partial charge in [0.05, 0.1) is 16.6 Å². The molecule has 0 spiro atoms. The molecule has 0 aliphatic carbocycles. The molecule has 0 bridgehead atoms.